The third kappa shape index (κ3) is 3.23. The molecule has 0 aliphatic heterocycles. The average molecular weight is 248 g/mol. The molecule has 0 spiro atoms. The smallest absolute Gasteiger partial charge is 0.0693 e. The molecule has 0 radical (unpaired) electrons. The highest BCUT2D eigenvalue weighted by Crippen LogP contribution is 2.37. The summed E-state index contributed by atoms with van der Waals surface area (Å²) in [6.45, 7) is 0. The molecule has 1 saturated carbocycles. The molecular weight excluding hydrogens is 230 g/mol. The molecule has 0 bridgehead atoms. The van der Waals surface area contributed by atoms with Crippen molar-refractivity contribution in [1.82, 2.24) is 0 Å². The lowest BCUT2D eigenvalue weighted by molar-refractivity contribution is 0.339. The fraction of sp³-hybridized carbons (Fsp3) is 0.533. The van der Waals surface area contributed by atoms with Crippen molar-refractivity contribution >= 4 is 11.6 Å². The van der Waals surface area contributed by atoms with Crippen molar-refractivity contribution in [2.24, 2.45) is 5.41 Å². The maximum absolute atomic E-state index is 9.51. The van der Waals surface area contributed by atoms with Crippen molar-refractivity contribution in [2.75, 3.05) is 0 Å². The van der Waals surface area contributed by atoms with E-state index in [2.05, 4.69) is 6.07 Å². The Bertz CT molecular complexity index is 394. The molecule has 0 saturated heterocycles. The number of hydrogen-bond donors (Lipinski definition) is 0. The SMILES string of the molecule is N#CC1(Cc2ccc(Cl)cc2)CCCCCC1. The van der Waals surface area contributed by atoms with E-state index >= 15 is 0 Å². The second-order valence-electron chi connectivity index (χ2n) is 5.11. The van der Waals surface area contributed by atoms with Crippen LogP contribution in [0.2, 0.25) is 5.02 Å². The largest absolute Gasteiger partial charge is 0.198 e. The van der Waals surface area contributed by atoms with Gasteiger partial charge in [0.25, 0.3) is 0 Å². The van der Waals surface area contributed by atoms with Crippen LogP contribution in [0.3, 0.4) is 0 Å². The van der Waals surface area contributed by atoms with Gasteiger partial charge in [-0.25, -0.2) is 0 Å². The van der Waals surface area contributed by atoms with Gasteiger partial charge in [0.15, 0.2) is 0 Å². The predicted molar refractivity (Wildman–Crippen MR) is 70.9 cm³/mol. The molecular formula is C15H18ClN. The molecule has 2 rings (SSSR count). The first-order valence-electron chi connectivity index (χ1n) is 6.40. The van der Waals surface area contributed by atoms with Crippen LogP contribution in [-0.2, 0) is 6.42 Å². The molecule has 0 N–H and O–H groups in total. The first-order valence-corrected chi connectivity index (χ1v) is 6.78. The molecule has 1 aliphatic carbocycles. The zero-order chi connectivity index (χ0) is 12.1. The minimum atomic E-state index is -0.135. The number of halogens is 1. The Morgan fingerprint density at radius 3 is 2.18 bits per heavy atom. The summed E-state index contributed by atoms with van der Waals surface area (Å²) in [4.78, 5) is 0. The maximum atomic E-state index is 9.51. The molecule has 0 aromatic heterocycles. The Hall–Kier alpha value is -1.00. The first kappa shape index (κ1) is 12.5. The average Bonchev–Trinajstić information content (AvgIpc) is 2.58. The van der Waals surface area contributed by atoms with Gasteiger partial charge >= 0.3 is 0 Å². The van der Waals surface area contributed by atoms with E-state index in [9.17, 15) is 5.26 Å². The van der Waals surface area contributed by atoms with Gasteiger partial charge in [0.1, 0.15) is 0 Å². The molecule has 90 valence electrons. The van der Waals surface area contributed by atoms with Gasteiger partial charge in [-0.3, -0.25) is 0 Å². The molecule has 1 aromatic rings. The first-order chi connectivity index (χ1) is 8.24. The Morgan fingerprint density at radius 1 is 1.06 bits per heavy atom. The molecule has 1 aromatic carbocycles. The monoisotopic (exact) mass is 247 g/mol. The molecule has 17 heavy (non-hydrogen) atoms. The summed E-state index contributed by atoms with van der Waals surface area (Å²) in [5, 5.41) is 10.3. The standard InChI is InChI=1S/C15H18ClN/c16-14-7-5-13(6-8-14)11-15(12-17)9-3-1-2-4-10-15/h5-8H,1-4,9-11H2. The van der Waals surface area contributed by atoms with Crippen LogP contribution in [0.5, 0.6) is 0 Å². The topological polar surface area (TPSA) is 23.8 Å². The summed E-state index contributed by atoms with van der Waals surface area (Å²) in [5.74, 6) is 0. The van der Waals surface area contributed by atoms with Crippen molar-refractivity contribution < 1.29 is 0 Å². The predicted octanol–water partition coefficient (Wildman–Crippen LogP) is 4.75. The molecule has 0 heterocycles. The van der Waals surface area contributed by atoms with E-state index in [1.54, 1.807) is 0 Å². The molecule has 0 atom stereocenters. The number of benzene rings is 1. The van der Waals surface area contributed by atoms with Crippen LogP contribution in [0.25, 0.3) is 0 Å². The van der Waals surface area contributed by atoms with E-state index in [1.165, 1.54) is 31.2 Å². The Balaban J connectivity index is 2.13. The van der Waals surface area contributed by atoms with Gasteiger partial charge in [-0.1, -0.05) is 49.4 Å². The van der Waals surface area contributed by atoms with Crippen LogP contribution in [0, 0.1) is 16.7 Å². The van der Waals surface area contributed by atoms with Gasteiger partial charge in [0, 0.05) is 5.02 Å². The molecule has 1 nitrogen and oxygen atoms in total. The fourth-order valence-electron chi connectivity index (χ4n) is 2.73. The summed E-state index contributed by atoms with van der Waals surface area (Å²) in [6.07, 6.45) is 7.93. The van der Waals surface area contributed by atoms with Crippen LogP contribution in [0.15, 0.2) is 24.3 Å². The van der Waals surface area contributed by atoms with Gasteiger partial charge in [0.05, 0.1) is 11.5 Å². The van der Waals surface area contributed by atoms with Crippen molar-refractivity contribution in [3.8, 4) is 6.07 Å². The lowest BCUT2D eigenvalue weighted by Gasteiger charge is -2.24. The Labute approximate surface area is 108 Å². The van der Waals surface area contributed by atoms with Crippen LogP contribution in [0.4, 0.5) is 0 Å². The molecule has 2 heteroatoms. The lowest BCUT2D eigenvalue weighted by Crippen LogP contribution is -2.20. The molecule has 0 unspecified atom stereocenters. The van der Waals surface area contributed by atoms with Crippen LogP contribution < -0.4 is 0 Å². The summed E-state index contributed by atoms with van der Waals surface area (Å²) >= 11 is 5.88. The van der Waals surface area contributed by atoms with Gasteiger partial charge in [-0.15, -0.1) is 0 Å². The van der Waals surface area contributed by atoms with E-state index in [0.29, 0.717) is 0 Å². The number of hydrogen-bond acceptors (Lipinski definition) is 1. The van der Waals surface area contributed by atoms with Crippen LogP contribution in [0.1, 0.15) is 44.1 Å². The zero-order valence-electron chi connectivity index (χ0n) is 10.1. The summed E-state index contributed by atoms with van der Waals surface area (Å²) in [5.41, 5.74) is 1.10. The number of rotatable bonds is 2. The fourth-order valence-corrected chi connectivity index (χ4v) is 2.85. The highest BCUT2D eigenvalue weighted by Gasteiger charge is 2.30. The second kappa shape index (κ2) is 5.56. The lowest BCUT2D eigenvalue weighted by atomic mass is 9.77. The van der Waals surface area contributed by atoms with Crippen LogP contribution in [-0.4, -0.2) is 0 Å². The summed E-state index contributed by atoms with van der Waals surface area (Å²) in [7, 11) is 0. The molecule has 1 fully saturated rings. The zero-order valence-corrected chi connectivity index (χ0v) is 10.8. The van der Waals surface area contributed by atoms with Crippen molar-refractivity contribution in [1.29, 1.82) is 5.26 Å². The minimum absolute atomic E-state index is 0.135. The quantitative estimate of drug-likeness (QED) is 0.692. The molecule has 0 amide bonds. The summed E-state index contributed by atoms with van der Waals surface area (Å²) in [6, 6.07) is 10.5. The minimum Gasteiger partial charge on any atom is -0.198 e. The third-order valence-corrected chi connectivity index (χ3v) is 4.01. The van der Waals surface area contributed by atoms with Crippen LogP contribution >= 0.6 is 11.6 Å². The maximum Gasteiger partial charge on any atom is 0.0693 e. The van der Waals surface area contributed by atoms with Gasteiger partial charge < -0.3 is 0 Å². The van der Waals surface area contributed by atoms with E-state index < -0.39 is 0 Å². The highest BCUT2D eigenvalue weighted by molar-refractivity contribution is 6.30. The van der Waals surface area contributed by atoms with E-state index in [4.69, 9.17) is 11.6 Å². The third-order valence-electron chi connectivity index (χ3n) is 3.75. The van der Waals surface area contributed by atoms with E-state index in [0.717, 1.165) is 24.3 Å². The number of nitrogens with zero attached hydrogens (tertiary/aromatic N) is 1. The van der Waals surface area contributed by atoms with Crippen molar-refractivity contribution in [2.45, 2.75) is 44.9 Å². The second-order valence-corrected chi connectivity index (χ2v) is 5.55. The normalized spacial score (nSPS) is 19.3. The highest BCUT2D eigenvalue weighted by atomic mass is 35.5. The van der Waals surface area contributed by atoms with E-state index in [-0.39, 0.29) is 5.41 Å². The number of nitriles is 1. The van der Waals surface area contributed by atoms with E-state index in [1.807, 2.05) is 24.3 Å². The summed E-state index contributed by atoms with van der Waals surface area (Å²) < 4.78 is 0. The molecule has 1 aliphatic rings. The van der Waals surface area contributed by atoms with Gasteiger partial charge in [-0.2, -0.15) is 5.26 Å². The Kier molecular flexibility index (Phi) is 4.07. The van der Waals surface area contributed by atoms with Crippen molar-refractivity contribution in [3.05, 3.63) is 34.9 Å². The Morgan fingerprint density at radius 2 is 1.65 bits per heavy atom. The van der Waals surface area contributed by atoms with Gasteiger partial charge in [-0.05, 0) is 37.0 Å². The van der Waals surface area contributed by atoms with Gasteiger partial charge in [0.2, 0.25) is 0 Å². The van der Waals surface area contributed by atoms with Crippen molar-refractivity contribution in [3.63, 3.8) is 0 Å².